The van der Waals surface area contributed by atoms with Gasteiger partial charge in [0.25, 0.3) is 0 Å². The largest absolute Gasteiger partial charge is 0.493 e. The zero-order valence-electron chi connectivity index (χ0n) is 11.0. The Bertz CT molecular complexity index is 344. The third kappa shape index (κ3) is 4.91. The van der Waals surface area contributed by atoms with Crippen LogP contribution < -0.4 is 15.2 Å². The van der Waals surface area contributed by atoms with Gasteiger partial charge in [0.1, 0.15) is 6.61 Å². The molecular weight excluding hydrogens is 234 g/mol. The first-order valence-electron chi connectivity index (χ1n) is 5.88. The van der Waals surface area contributed by atoms with Crippen molar-refractivity contribution in [2.45, 2.75) is 6.54 Å². The van der Waals surface area contributed by atoms with E-state index in [1.807, 2.05) is 18.2 Å². The molecule has 0 aliphatic carbocycles. The third-order valence-corrected chi connectivity index (χ3v) is 2.38. The van der Waals surface area contributed by atoms with Gasteiger partial charge >= 0.3 is 0 Å². The van der Waals surface area contributed by atoms with Gasteiger partial charge < -0.3 is 24.7 Å². The molecule has 0 saturated carbocycles. The second kappa shape index (κ2) is 8.74. The van der Waals surface area contributed by atoms with Crippen molar-refractivity contribution in [2.24, 2.45) is 5.73 Å². The molecule has 5 heteroatoms. The maximum atomic E-state index is 5.58. The molecule has 0 heterocycles. The summed E-state index contributed by atoms with van der Waals surface area (Å²) in [6.07, 6.45) is 0. The first kappa shape index (κ1) is 14.8. The quantitative estimate of drug-likeness (QED) is 0.672. The van der Waals surface area contributed by atoms with Crippen LogP contribution in [0.5, 0.6) is 11.5 Å². The summed E-state index contributed by atoms with van der Waals surface area (Å²) in [5.74, 6) is 1.39. The van der Waals surface area contributed by atoms with E-state index in [0.717, 1.165) is 5.56 Å². The van der Waals surface area contributed by atoms with Crippen LogP contribution in [0.2, 0.25) is 0 Å². The normalized spacial score (nSPS) is 10.4. The molecule has 0 fully saturated rings. The van der Waals surface area contributed by atoms with Crippen LogP contribution in [0.15, 0.2) is 18.2 Å². The predicted molar refractivity (Wildman–Crippen MR) is 69.1 cm³/mol. The van der Waals surface area contributed by atoms with Crippen molar-refractivity contribution in [3.05, 3.63) is 23.8 Å². The van der Waals surface area contributed by atoms with E-state index >= 15 is 0 Å². The summed E-state index contributed by atoms with van der Waals surface area (Å²) in [7, 11) is 3.25. The van der Waals surface area contributed by atoms with Gasteiger partial charge in [-0.2, -0.15) is 0 Å². The number of benzene rings is 1. The lowest BCUT2D eigenvalue weighted by Gasteiger charge is -2.11. The average molecular weight is 255 g/mol. The Morgan fingerprint density at radius 2 is 1.78 bits per heavy atom. The molecule has 0 amide bonds. The molecule has 18 heavy (non-hydrogen) atoms. The van der Waals surface area contributed by atoms with Crippen LogP contribution in [-0.4, -0.2) is 40.6 Å². The Morgan fingerprint density at radius 3 is 2.44 bits per heavy atom. The minimum atomic E-state index is 0.474. The summed E-state index contributed by atoms with van der Waals surface area (Å²) in [5, 5.41) is 0. The molecule has 0 atom stereocenters. The molecule has 0 radical (unpaired) electrons. The lowest BCUT2D eigenvalue weighted by atomic mass is 10.2. The summed E-state index contributed by atoms with van der Waals surface area (Å²) >= 11 is 0. The highest BCUT2D eigenvalue weighted by Crippen LogP contribution is 2.27. The Hall–Kier alpha value is -1.30. The second-order valence-corrected chi connectivity index (χ2v) is 3.64. The summed E-state index contributed by atoms with van der Waals surface area (Å²) < 4.78 is 21.0. The highest BCUT2D eigenvalue weighted by atomic mass is 16.5. The van der Waals surface area contributed by atoms with Gasteiger partial charge in [0.15, 0.2) is 11.5 Å². The standard InChI is InChI=1S/C13H21NO4/c1-15-5-6-17-7-8-18-12-4-3-11(10-14)9-13(12)16-2/h3-4,9H,5-8,10,14H2,1-2H3. The Balaban J connectivity index is 2.37. The van der Waals surface area contributed by atoms with Crippen molar-refractivity contribution >= 4 is 0 Å². The van der Waals surface area contributed by atoms with Gasteiger partial charge in [-0.1, -0.05) is 6.07 Å². The van der Waals surface area contributed by atoms with E-state index in [1.165, 1.54) is 0 Å². The molecule has 0 aromatic heterocycles. The number of rotatable bonds is 9. The minimum absolute atomic E-state index is 0.474. The summed E-state index contributed by atoms with van der Waals surface area (Å²) in [6, 6.07) is 5.65. The number of nitrogens with two attached hydrogens (primary N) is 1. The van der Waals surface area contributed by atoms with E-state index in [-0.39, 0.29) is 0 Å². The minimum Gasteiger partial charge on any atom is -0.493 e. The number of methoxy groups -OCH3 is 2. The lowest BCUT2D eigenvalue weighted by Crippen LogP contribution is -2.10. The topological polar surface area (TPSA) is 62.9 Å². The molecule has 5 nitrogen and oxygen atoms in total. The fraction of sp³-hybridized carbons (Fsp3) is 0.538. The lowest BCUT2D eigenvalue weighted by molar-refractivity contribution is 0.0540. The SMILES string of the molecule is COCCOCCOc1ccc(CN)cc1OC. The molecule has 102 valence electrons. The molecule has 2 N–H and O–H groups in total. The van der Waals surface area contributed by atoms with Crippen molar-refractivity contribution < 1.29 is 18.9 Å². The molecule has 0 bridgehead atoms. The van der Waals surface area contributed by atoms with Crippen molar-refractivity contribution in [1.82, 2.24) is 0 Å². The molecule has 0 aliphatic rings. The summed E-state index contributed by atoms with van der Waals surface area (Å²) in [6.45, 7) is 2.64. The van der Waals surface area contributed by atoms with Gasteiger partial charge in [-0.3, -0.25) is 0 Å². The van der Waals surface area contributed by atoms with E-state index in [2.05, 4.69) is 0 Å². The van der Waals surface area contributed by atoms with Gasteiger partial charge in [0, 0.05) is 13.7 Å². The second-order valence-electron chi connectivity index (χ2n) is 3.64. The molecule has 1 rings (SSSR count). The van der Waals surface area contributed by atoms with Crippen LogP contribution in [0.1, 0.15) is 5.56 Å². The van der Waals surface area contributed by atoms with E-state index < -0.39 is 0 Å². The van der Waals surface area contributed by atoms with Crippen molar-refractivity contribution in [1.29, 1.82) is 0 Å². The smallest absolute Gasteiger partial charge is 0.161 e. The highest BCUT2D eigenvalue weighted by Gasteiger charge is 2.04. The van der Waals surface area contributed by atoms with Gasteiger partial charge in [-0.15, -0.1) is 0 Å². The molecular formula is C13H21NO4. The van der Waals surface area contributed by atoms with Crippen LogP contribution >= 0.6 is 0 Å². The highest BCUT2D eigenvalue weighted by molar-refractivity contribution is 5.42. The first-order valence-corrected chi connectivity index (χ1v) is 5.88. The number of hydrogen-bond acceptors (Lipinski definition) is 5. The Morgan fingerprint density at radius 1 is 1.00 bits per heavy atom. The molecule has 0 saturated heterocycles. The van der Waals surface area contributed by atoms with E-state index in [1.54, 1.807) is 14.2 Å². The zero-order chi connectivity index (χ0) is 13.2. The molecule has 0 spiro atoms. The number of hydrogen-bond donors (Lipinski definition) is 1. The van der Waals surface area contributed by atoms with Gasteiger partial charge in [0.05, 0.1) is 26.9 Å². The summed E-state index contributed by atoms with van der Waals surface area (Å²) in [5.41, 5.74) is 6.57. The Kier molecular flexibility index (Phi) is 7.17. The van der Waals surface area contributed by atoms with Crippen LogP contribution in [-0.2, 0) is 16.0 Å². The van der Waals surface area contributed by atoms with Crippen molar-refractivity contribution in [3.8, 4) is 11.5 Å². The van der Waals surface area contributed by atoms with Crippen LogP contribution in [0.3, 0.4) is 0 Å². The molecule has 0 unspecified atom stereocenters. The Labute approximate surface area is 108 Å². The van der Waals surface area contributed by atoms with Crippen LogP contribution in [0.4, 0.5) is 0 Å². The van der Waals surface area contributed by atoms with Gasteiger partial charge in [-0.25, -0.2) is 0 Å². The maximum absolute atomic E-state index is 5.58. The van der Waals surface area contributed by atoms with Gasteiger partial charge in [-0.05, 0) is 17.7 Å². The van der Waals surface area contributed by atoms with Crippen LogP contribution in [0, 0.1) is 0 Å². The number of ether oxygens (including phenoxy) is 4. The van der Waals surface area contributed by atoms with Gasteiger partial charge in [0.2, 0.25) is 0 Å². The maximum Gasteiger partial charge on any atom is 0.161 e. The summed E-state index contributed by atoms with van der Waals surface area (Å²) in [4.78, 5) is 0. The van der Waals surface area contributed by atoms with Crippen molar-refractivity contribution in [3.63, 3.8) is 0 Å². The molecule has 1 aromatic carbocycles. The van der Waals surface area contributed by atoms with Crippen molar-refractivity contribution in [2.75, 3.05) is 40.6 Å². The third-order valence-electron chi connectivity index (χ3n) is 2.38. The zero-order valence-corrected chi connectivity index (χ0v) is 11.0. The fourth-order valence-corrected chi connectivity index (χ4v) is 1.41. The van der Waals surface area contributed by atoms with E-state index in [0.29, 0.717) is 44.5 Å². The van der Waals surface area contributed by atoms with Crippen LogP contribution in [0.25, 0.3) is 0 Å². The monoisotopic (exact) mass is 255 g/mol. The average Bonchev–Trinajstić information content (AvgIpc) is 2.42. The van der Waals surface area contributed by atoms with E-state index in [9.17, 15) is 0 Å². The van der Waals surface area contributed by atoms with E-state index in [4.69, 9.17) is 24.7 Å². The predicted octanol–water partition coefficient (Wildman–Crippen LogP) is 1.20. The fourth-order valence-electron chi connectivity index (χ4n) is 1.41. The first-order chi connectivity index (χ1) is 8.81. The molecule has 0 aliphatic heterocycles. The molecule has 1 aromatic rings.